The van der Waals surface area contributed by atoms with Gasteiger partial charge < -0.3 is 4.42 Å². The van der Waals surface area contributed by atoms with E-state index >= 15 is 0 Å². The van der Waals surface area contributed by atoms with Gasteiger partial charge in [0, 0.05) is 39.9 Å². The van der Waals surface area contributed by atoms with E-state index in [-0.39, 0.29) is 5.41 Å². The summed E-state index contributed by atoms with van der Waals surface area (Å²) in [6, 6.07) is 67.7. The van der Waals surface area contributed by atoms with Gasteiger partial charge in [0.2, 0.25) is 0 Å². The number of hydrogen-bond acceptors (Lipinski definition) is 2. The summed E-state index contributed by atoms with van der Waals surface area (Å²) < 4.78 is 6.60. The van der Waals surface area contributed by atoms with E-state index in [2.05, 4.69) is 202 Å². The number of fused-ring (bicyclic) bond motifs is 9. The van der Waals surface area contributed by atoms with Crippen molar-refractivity contribution >= 4 is 44.3 Å². The van der Waals surface area contributed by atoms with Crippen LogP contribution in [-0.2, 0) is 5.41 Å². The lowest BCUT2D eigenvalue weighted by Gasteiger charge is -2.24. The number of hydrogen-bond donors (Lipinski definition) is 0. The molecule has 9 aromatic carbocycles. The lowest BCUT2D eigenvalue weighted by Crippen LogP contribution is -2.20. The predicted molar refractivity (Wildman–Crippen MR) is 255 cm³/mol. The van der Waals surface area contributed by atoms with Gasteiger partial charge in [-0.15, -0.1) is 0 Å². The molecule has 61 heavy (non-hydrogen) atoms. The van der Waals surface area contributed by atoms with Crippen molar-refractivity contribution in [2.24, 2.45) is 9.98 Å². The number of amidine groups is 1. The topological polar surface area (TPSA) is 37.9 Å². The third kappa shape index (κ3) is 5.30. The van der Waals surface area contributed by atoms with Crippen molar-refractivity contribution in [2.45, 2.75) is 19.3 Å². The first-order chi connectivity index (χ1) is 30.0. The molecule has 3 nitrogen and oxygen atoms in total. The van der Waals surface area contributed by atoms with Crippen molar-refractivity contribution in [1.29, 1.82) is 0 Å². The Morgan fingerprint density at radius 1 is 0.475 bits per heavy atom. The van der Waals surface area contributed by atoms with Gasteiger partial charge in [-0.3, -0.25) is 4.99 Å². The Hall–Kier alpha value is -7.62. The zero-order valence-electron chi connectivity index (χ0n) is 34.2. The van der Waals surface area contributed by atoms with E-state index < -0.39 is 0 Å². The summed E-state index contributed by atoms with van der Waals surface area (Å²) in [5.41, 5.74) is 20.4. The molecule has 0 fully saturated rings. The minimum atomic E-state index is -0.202. The molecule has 1 heterocycles. The molecule has 0 saturated heterocycles. The molecule has 0 spiro atoms. The van der Waals surface area contributed by atoms with Crippen molar-refractivity contribution in [1.82, 2.24) is 0 Å². The highest BCUT2D eigenvalue weighted by atomic mass is 16.3. The summed E-state index contributed by atoms with van der Waals surface area (Å²) in [4.78, 5) is 10.4. The Kier molecular flexibility index (Phi) is 7.79. The molecule has 2 aliphatic carbocycles. The van der Waals surface area contributed by atoms with Gasteiger partial charge in [-0.25, -0.2) is 4.99 Å². The molecule has 0 N–H and O–H groups in total. The second-order valence-corrected chi connectivity index (χ2v) is 16.8. The lowest BCUT2D eigenvalue weighted by atomic mass is 9.80. The van der Waals surface area contributed by atoms with Gasteiger partial charge in [0.1, 0.15) is 11.2 Å². The normalized spacial score (nSPS) is 13.8. The molecule has 0 atom stereocenters. The van der Waals surface area contributed by atoms with Crippen LogP contribution in [0.3, 0.4) is 0 Å². The number of furan rings is 1. The van der Waals surface area contributed by atoms with Crippen LogP contribution in [0.2, 0.25) is 0 Å². The van der Waals surface area contributed by atoms with Gasteiger partial charge in [0.15, 0.2) is 5.84 Å². The van der Waals surface area contributed by atoms with Crippen LogP contribution in [0, 0.1) is 0 Å². The largest absolute Gasteiger partial charge is 0.456 e. The van der Waals surface area contributed by atoms with Crippen LogP contribution in [0.4, 0.5) is 0 Å². The minimum Gasteiger partial charge on any atom is -0.456 e. The standard InChI is InChI=1S/C58H40N2O/c1-58(2)49-29-8-7-21-42(49)45-26-13-28-47(55(45)58)57(59-3)60-56(36-15-5-4-6-16-36)39-20-9-19-37(33-39)41-23-14-30-51-54(41)48-34-38(31-32-50(48)61-51)40-22-12-25-44-43-24-10-17-35-18-11-27-46(52(35)43)53(40)44/h4-34H,1-3H3. The highest BCUT2D eigenvalue weighted by Crippen LogP contribution is 2.52. The summed E-state index contributed by atoms with van der Waals surface area (Å²) in [6.07, 6.45) is 0. The summed E-state index contributed by atoms with van der Waals surface area (Å²) in [5.74, 6) is 0.712. The van der Waals surface area contributed by atoms with E-state index in [0.717, 1.165) is 55.5 Å². The van der Waals surface area contributed by atoms with Crippen molar-refractivity contribution < 1.29 is 4.42 Å². The van der Waals surface area contributed by atoms with Crippen LogP contribution in [0.25, 0.3) is 88.3 Å². The van der Waals surface area contributed by atoms with Crippen molar-refractivity contribution in [3.05, 3.63) is 216 Å². The Morgan fingerprint density at radius 2 is 1.13 bits per heavy atom. The zero-order valence-corrected chi connectivity index (χ0v) is 34.2. The molecule has 3 heteroatoms. The number of benzene rings is 9. The van der Waals surface area contributed by atoms with Crippen LogP contribution in [0.5, 0.6) is 0 Å². The summed E-state index contributed by atoms with van der Waals surface area (Å²) in [5, 5.41) is 4.81. The van der Waals surface area contributed by atoms with Gasteiger partial charge in [-0.05, 0) is 102 Å². The van der Waals surface area contributed by atoms with Crippen LogP contribution in [-0.4, -0.2) is 18.6 Å². The average Bonchev–Trinajstić information content (AvgIpc) is 3.93. The Balaban J connectivity index is 1.000. The Morgan fingerprint density at radius 3 is 2.00 bits per heavy atom. The molecule has 10 aromatic rings. The molecule has 0 radical (unpaired) electrons. The van der Waals surface area contributed by atoms with Gasteiger partial charge in [0.05, 0.1) is 5.71 Å². The molecule has 12 rings (SSSR count). The molecular formula is C58H40N2O. The van der Waals surface area contributed by atoms with Gasteiger partial charge in [0.25, 0.3) is 0 Å². The fourth-order valence-corrected chi connectivity index (χ4v) is 10.4. The first-order valence-electron chi connectivity index (χ1n) is 21.0. The smallest absolute Gasteiger partial charge is 0.155 e. The van der Waals surface area contributed by atoms with Crippen molar-refractivity contribution in [3.63, 3.8) is 0 Å². The molecule has 0 unspecified atom stereocenters. The predicted octanol–water partition coefficient (Wildman–Crippen LogP) is 14.9. The quantitative estimate of drug-likeness (QED) is 0.127. The van der Waals surface area contributed by atoms with Crippen molar-refractivity contribution in [3.8, 4) is 55.6 Å². The molecule has 0 saturated carbocycles. The van der Waals surface area contributed by atoms with Crippen LogP contribution in [0.15, 0.2) is 202 Å². The second kappa shape index (κ2) is 13.5. The van der Waals surface area contributed by atoms with Crippen molar-refractivity contribution in [2.75, 3.05) is 7.05 Å². The SMILES string of the molecule is CN=C(N=C(c1ccccc1)c1cccc(-c2cccc3oc4ccc(-c5cccc6c5-c5cccc7cccc-6c57)cc4c23)c1)c1cccc2c1C(C)(C)c1ccccc1-2. The van der Waals surface area contributed by atoms with Crippen LogP contribution < -0.4 is 0 Å². The fraction of sp³-hybridized carbons (Fsp3) is 0.0690. The highest BCUT2D eigenvalue weighted by Gasteiger charge is 2.38. The maximum Gasteiger partial charge on any atom is 0.155 e. The fourth-order valence-electron chi connectivity index (χ4n) is 10.4. The Bertz CT molecular complexity index is 3500. The number of nitrogens with zero attached hydrogens (tertiary/aromatic N) is 2. The molecule has 0 amide bonds. The molecule has 0 bridgehead atoms. The van der Waals surface area contributed by atoms with E-state index in [1.807, 2.05) is 7.05 Å². The zero-order chi connectivity index (χ0) is 40.8. The van der Waals surface area contributed by atoms with Gasteiger partial charge in [-0.1, -0.05) is 178 Å². The number of aliphatic imine (C=N–C) groups is 2. The van der Waals surface area contributed by atoms with E-state index in [0.29, 0.717) is 5.84 Å². The second-order valence-electron chi connectivity index (χ2n) is 16.8. The highest BCUT2D eigenvalue weighted by molar-refractivity contribution is 6.22. The van der Waals surface area contributed by atoms with Crippen LogP contribution in [0.1, 0.15) is 41.7 Å². The molecule has 1 aromatic heterocycles. The number of rotatable bonds is 5. The molecular weight excluding hydrogens is 741 g/mol. The maximum absolute atomic E-state index is 6.60. The van der Waals surface area contributed by atoms with Gasteiger partial charge >= 0.3 is 0 Å². The van der Waals surface area contributed by atoms with E-state index in [1.54, 1.807) is 0 Å². The van der Waals surface area contributed by atoms with E-state index in [9.17, 15) is 0 Å². The summed E-state index contributed by atoms with van der Waals surface area (Å²) >= 11 is 0. The third-order valence-corrected chi connectivity index (χ3v) is 13.1. The minimum absolute atomic E-state index is 0.202. The average molecular weight is 781 g/mol. The Labute approximate surface area is 355 Å². The summed E-state index contributed by atoms with van der Waals surface area (Å²) in [7, 11) is 1.86. The first kappa shape index (κ1) is 35.3. The van der Waals surface area contributed by atoms with E-state index in [1.165, 1.54) is 66.4 Å². The van der Waals surface area contributed by atoms with E-state index in [4.69, 9.17) is 14.4 Å². The molecule has 0 aliphatic heterocycles. The van der Waals surface area contributed by atoms with Crippen LogP contribution >= 0.6 is 0 Å². The van der Waals surface area contributed by atoms with Gasteiger partial charge in [-0.2, -0.15) is 0 Å². The summed E-state index contributed by atoms with van der Waals surface area (Å²) in [6.45, 7) is 4.63. The molecule has 2 aliphatic rings. The molecule has 288 valence electrons. The lowest BCUT2D eigenvalue weighted by molar-refractivity contribution is 0.659. The third-order valence-electron chi connectivity index (χ3n) is 13.1. The maximum atomic E-state index is 6.60. The monoisotopic (exact) mass is 780 g/mol. The first-order valence-corrected chi connectivity index (χ1v) is 21.0.